The van der Waals surface area contributed by atoms with Crippen LogP contribution in [0.1, 0.15) is 26.3 Å². The summed E-state index contributed by atoms with van der Waals surface area (Å²) in [5, 5.41) is 11.7. The van der Waals surface area contributed by atoms with E-state index < -0.39 is 21.7 Å². The minimum atomic E-state index is -3.44. The number of aryl methyl sites for hydroxylation is 1. The van der Waals surface area contributed by atoms with Gasteiger partial charge in [0.25, 0.3) is 5.91 Å². The van der Waals surface area contributed by atoms with Crippen molar-refractivity contribution >= 4 is 27.4 Å². The Morgan fingerprint density at radius 1 is 1.09 bits per heavy atom. The van der Waals surface area contributed by atoms with Crippen LogP contribution in [-0.4, -0.2) is 31.7 Å². The summed E-state index contributed by atoms with van der Waals surface area (Å²) < 4.78 is 23.1. The monoisotopic (exact) mass is 333 g/mol. The van der Waals surface area contributed by atoms with Crippen molar-refractivity contribution in [1.82, 2.24) is 0 Å². The highest BCUT2D eigenvalue weighted by molar-refractivity contribution is 7.90. The van der Waals surface area contributed by atoms with Gasteiger partial charge in [0.1, 0.15) is 0 Å². The Kier molecular flexibility index (Phi) is 4.51. The highest BCUT2D eigenvalue weighted by Crippen LogP contribution is 2.22. The molecule has 0 unspecified atom stereocenters. The van der Waals surface area contributed by atoms with Crippen LogP contribution in [0, 0.1) is 6.92 Å². The zero-order chi connectivity index (χ0) is 17.2. The Labute approximate surface area is 133 Å². The summed E-state index contributed by atoms with van der Waals surface area (Å²) in [5.41, 5.74) is 0.886. The normalized spacial score (nSPS) is 11.0. The Morgan fingerprint density at radius 3 is 2.35 bits per heavy atom. The zero-order valence-electron chi connectivity index (χ0n) is 12.5. The fourth-order valence-corrected chi connectivity index (χ4v) is 2.73. The Bertz CT molecular complexity index is 887. The first kappa shape index (κ1) is 16.7. The number of sulfone groups is 1. The molecule has 0 aliphatic carbocycles. The van der Waals surface area contributed by atoms with Crippen molar-refractivity contribution < 1.29 is 23.1 Å². The number of para-hydroxylation sites is 1. The van der Waals surface area contributed by atoms with Crippen LogP contribution >= 0.6 is 0 Å². The second kappa shape index (κ2) is 6.21. The van der Waals surface area contributed by atoms with Crippen molar-refractivity contribution in [3.8, 4) is 0 Å². The molecule has 0 heterocycles. The lowest BCUT2D eigenvalue weighted by molar-refractivity contribution is 0.0698. The van der Waals surface area contributed by atoms with Crippen LogP contribution in [0.2, 0.25) is 0 Å². The molecule has 2 N–H and O–H groups in total. The minimum absolute atomic E-state index is 0.0217. The molecule has 120 valence electrons. The molecule has 2 aromatic rings. The first-order chi connectivity index (χ1) is 10.7. The zero-order valence-corrected chi connectivity index (χ0v) is 13.3. The molecule has 2 rings (SSSR count). The van der Waals surface area contributed by atoms with Crippen LogP contribution in [0.3, 0.4) is 0 Å². The number of hydrogen-bond donors (Lipinski definition) is 2. The third-order valence-corrected chi connectivity index (χ3v) is 4.38. The van der Waals surface area contributed by atoms with Crippen molar-refractivity contribution in [2.45, 2.75) is 11.8 Å². The summed E-state index contributed by atoms with van der Waals surface area (Å²) in [6, 6.07) is 10.2. The third-order valence-electron chi connectivity index (χ3n) is 3.27. The van der Waals surface area contributed by atoms with Gasteiger partial charge in [-0.3, -0.25) is 4.79 Å². The molecule has 0 aliphatic rings. The Balaban J connectivity index is 2.40. The van der Waals surface area contributed by atoms with Gasteiger partial charge in [-0.05, 0) is 36.8 Å². The number of hydrogen-bond acceptors (Lipinski definition) is 4. The number of aromatic carboxylic acids is 1. The SMILES string of the molecule is Cc1cccc(C(=O)O)c1NC(=O)c1cccc(S(C)(=O)=O)c1. The third kappa shape index (κ3) is 3.75. The minimum Gasteiger partial charge on any atom is -0.478 e. The van der Waals surface area contributed by atoms with Gasteiger partial charge < -0.3 is 10.4 Å². The van der Waals surface area contributed by atoms with E-state index in [2.05, 4.69) is 5.32 Å². The number of nitrogens with one attached hydrogen (secondary N) is 1. The molecular formula is C16H15NO5S. The molecule has 0 saturated carbocycles. The number of carboxylic acids is 1. The van der Waals surface area contributed by atoms with E-state index in [1.807, 2.05) is 0 Å². The lowest BCUT2D eigenvalue weighted by Crippen LogP contribution is -2.16. The molecule has 0 spiro atoms. The summed E-state index contributed by atoms with van der Waals surface area (Å²) >= 11 is 0. The number of carbonyl (C=O) groups is 2. The maximum Gasteiger partial charge on any atom is 0.337 e. The average molecular weight is 333 g/mol. The molecular weight excluding hydrogens is 318 g/mol. The fraction of sp³-hybridized carbons (Fsp3) is 0.125. The van der Waals surface area contributed by atoms with Crippen LogP contribution in [0.25, 0.3) is 0 Å². The maximum atomic E-state index is 12.3. The van der Waals surface area contributed by atoms with Crippen molar-refractivity contribution in [1.29, 1.82) is 0 Å². The summed E-state index contributed by atoms with van der Waals surface area (Å²) in [4.78, 5) is 23.6. The molecule has 23 heavy (non-hydrogen) atoms. The maximum absolute atomic E-state index is 12.3. The van der Waals surface area contributed by atoms with Gasteiger partial charge in [0.2, 0.25) is 0 Å². The van der Waals surface area contributed by atoms with E-state index in [4.69, 9.17) is 0 Å². The van der Waals surface area contributed by atoms with Crippen molar-refractivity contribution in [2.24, 2.45) is 0 Å². The lowest BCUT2D eigenvalue weighted by Gasteiger charge is -2.12. The first-order valence-corrected chi connectivity index (χ1v) is 8.53. The predicted octanol–water partition coefficient (Wildman–Crippen LogP) is 2.35. The van der Waals surface area contributed by atoms with Gasteiger partial charge in [0.15, 0.2) is 9.84 Å². The van der Waals surface area contributed by atoms with Gasteiger partial charge >= 0.3 is 5.97 Å². The van der Waals surface area contributed by atoms with Gasteiger partial charge in [-0.25, -0.2) is 13.2 Å². The van der Waals surface area contributed by atoms with Gasteiger partial charge in [-0.15, -0.1) is 0 Å². The molecule has 0 aliphatic heterocycles. The van der Waals surface area contributed by atoms with Crippen LogP contribution in [0.4, 0.5) is 5.69 Å². The fourth-order valence-electron chi connectivity index (χ4n) is 2.07. The summed E-state index contributed by atoms with van der Waals surface area (Å²) in [5.74, 6) is -1.74. The molecule has 0 bridgehead atoms. The second-order valence-corrected chi connectivity index (χ2v) is 7.07. The van der Waals surface area contributed by atoms with Crippen molar-refractivity contribution in [3.63, 3.8) is 0 Å². The summed E-state index contributed by atoms with van der Waals surface area (Å²) in [6.45, 7) is 1.68. The van der Waals surface area contributed by atoms with Crippen molar-refractivity contribution in [2.75, 3.05) is 11.6 Å². The van der Waals surface area contributed by atoms with E-state index in [0.29, 0.717) is 5.56 Å². The van der Waals surface area contributed by atoms with Crippen LogP contribution in [-0.2, 0) is 9.84 Å². The summed E-state index contributed by atoms with van der Waals surface area (Å²) in [6.07, 6.45) is 1.05. The summed E-state index contributed by atoms with van der Waals surface area (Å²) in [7, 11) is -3.44. The lowest BCUT2D eigenvalue weighted by atomic mass is 10.1. The molecule has 7 heteroatoms. The van der Waals surface area contributed by atoms with Crippen LogP contribution in [0.15, 0.2) is 47.4 Å². The quantitative estimate of drug-likeness (QED) is 0.894. The largest absolute Gasteiger partial charge is 0.478 e. The molecule has 0 fully saturated rings. The molecule has 6 nitrogen and oxygen atoms in total. The van der Waals surface area contributed by atoms with E-state index in [1.165, 1.54) is 30.3 Å². The number of carboxylic acid groups (broad SMARTS) is 1. The number of carbonyl (C=O) groups excluding carboxylic acids is 1. The standard InChI is InChI=1S/C16H15NO5S/c1-10-5-3-8-13(16(19)20)14(10)17-15(18)11-6-4-7-12(9-11)23(2,21)22/h3-9H,1-2H3,(H,17,18)(H,19,20). The number of rotatable bonds is 4. The van der Waals surface area contributed by atoms with Gasteiger partial charge in [-0.2, -0.15) is 0 Å². The van der Waals surface area contributed by atoms with E-state index in [0.717, 1.165) is 6.26 Å². The molecule has 0 saturated heterocycles. The van der Waals surface area contributed by atoms with Gasteiger partial charge in [0, 0.05) is 11.8 Å². The molecule has 0 atom stereocenters. The van der Waals surface area contributed by atoms with E-state index in [-0.39, 0.29) is 21.7 Å². The topological polar surface area (TPSA) is 101 Å². The highest BCUT2D eigenvalue weighted by atomic mass is 32.2. The van der Waals surface area contributed by atoms with Gasteiger partial charge in [0.05, 0.1) is 16.1 Å². The molecule has 0 radical (unpaired) electrons. The van der Waals surface area contributed by atoms with E-state index in [9.17, 15) is 23.1 Å². The Morgan fingerprint density at radius 2 is 1.74 bits per heavy atom. The number of benzene rings is 2. The van der Waals surface area contributed by atoms with Gasteiger partial charge in [-0.1, -0.05) is 18.2 Å². The van der Waals surface area contributed by atoms with Crippen LogP contribution < -0.4 is 5.32 Å². The predicted molar refractivity (Wildman–Crippen MR) is 85.6 cm³/mol. The number of amides is 1. The average Bonchev–Trinajstić information content (AvgIpc) is 2.48. The molecule has 0 aromatic heterocycles. The van der Waals surface area contributed by atoms with E-state index in [1.54, 1.807) is 19.1 Å². The van der Waals surface area contributed by atoms with E-state index >= 15 is 0 Å². The van der Waals surface area contributed by atoms with Crippen LogP contribution in [0.5, 0.6) is 0 Å². The molecule has 1 amide bonds. The molecule has 2 aromatic carbocycles. The smallest absolute Gasteiger partial charge is 0.337 e. The van der Waals surface area contributed by atoms with Crippen molar-refractivity contribution in [3.05, 3.63) is 59.2 Å². The second-order valence-electron chi connectivity index (χ2n) is 5.06. The Hall–Kier alpha value is -2.67. The highest BCUT2D eigenvalue weighted by Gasteiger charge is 2.16. The number of anilines is 1. The first-order valence-electron chi connectivity index (χ1n) is 6.64.